The Bertz CT molecular complexity index is 1010. The van der Waals surface area contributed by atoms with Gasteiger partial charge in [0.05, 0.1) is 33.9 Å². The van der Waals surface area contributed by atoms with Crippen LogP contribution in [0.2, 0.25) is 5.02 Å². The fraction of sp³-hybridized carbons (Fsp3) is 0.211. The Balaban J connectivity index is 1.88. The van der Waals surface area contributed by atoms with Crippen molar-refractivity contribution < 1.29 is 4.39 Å². The number of aryl methyl sites for hydroxylation is 2. The van der Waals surface area contributed by atoms with Gasteiger partial charge in [-0.2, -0.15) is 10.4 Å². The second-order valence-electron chi connectivity index (χ2n) is 6.00. The molecule has 2 aromatic heterocycles. The lowest BCUT2D eigenvalue weighted by Gasteiger charge is -2.13. The van der Waals surface area contributed by atoms with Crippen LogP contribution < -0.4 is 10.6 Å². The van der Waals surface area contributed by atoms with Crippen molar-refractivity contribution in [1.29, 1.82) is 5.26 Å². The van der Waals surface area contributed by atoms with Crippen molar-refractivity contribution in [2.24, 2.45) is 0 Å². The molecule has 0 unspecified atom stereocenters. The minimum atomic E-state index is -0.472. The number of benzene rings is 1. The van der Waals surface area contributed by atoms with Crippen LogP contribution in [0.5, 0.6) is 0 Å². The summed E-state index contributed by atoms with van der Waals surface area (Å²) in [6.07, 6.45) is 2.47. The largest absolute Gasteiger partial charge is 0.353 e. The topological polar surface area (TPSA) is 78.6 Å². The van der Waals surface area contributed by atoms with Gasteiger partial charge >= 0.3 is 0 Å². The summed E-state index contributed by atoms with van der Waals surface area (Å²) in [5.74, 6) is 0.925. The average Bonchev–Trinajstić information content (AvgIpc) is 2.98. The molecule has 0 fully saturated rings. The SMILES string of the molecule is CCCn1nc(C)cc1Nc1cc(Nc2ccc(F)cc2C#N)c(Cl)cn1. The number of aromatic nitrogens is 3. The predicted octanol–water partition coefficient (Wildman–Crippen LogP) is 5.15. The van der Waals surface area contributed by atoms with Crippen LogP contribution in [0.3, 0.4) is 0 Å². The molecule has 0 aliphatic heterocycles. The van der Waals surface area contributed by atoms with E-state index in [4.69, 9.17) is 11.6 Å². The molecule has 0 bridgehead atoms. The van der Waals surface area contributed by atoms with Crippen LogP contribution in [-0.4, -0.2) is 14.8 Å². The van der Waals surface area contributed by atoms with E-state index in [0.717, 1.165) is 24.5 Å². The van der Waals surface area contributed by atoms with Crippen LogP contribution in [0.4, 0.5) is 27.4 Å². The second kappa shape index (κ2) is 8.06. The van der Waals surface area contributed by atoms with Crippen LogP contribution in [-0.2, 0) is 6.54 Å². The molecule has 0 atom stereocenters. The molecule has 8 heteroatoms. The molecule has 0 aliphatic carbocycles. The van der Waals surface area contributed by atoms with Crippen molar-refractivity contribution in [3.63, 3.8) is 0 Å². The Morgan fingerprint density at radius 2 is 2.04 bits per heavy atom. The third kappa shape index (κ3) is 4.36. The Kier molecular flexibility index (Phi) is 5.57. The van der Waals surface area contributed by atoms with Crippen molar-refractivity contribution in [1.82, 2.24) is 14.8 Å². The number of hydrogen-bond acceptors (Lipinski definition) is 5. The molecule has 6 nitrogen and oxygen atoms in total. The Morgan fingerprint density at radius 3 is 2.78 bits per heavy atom. The smallest absolute Gasteiger partial charge is 0.133 e. The number of anilines is 4. The number of rotatable bonds is 6. The Morgan fingerprint density at radius 1 is 1.22 bits per heavy atom. The normalized spacial score (nSPS) is 10.5. The number of nitrogens with one attached hydrogen (secondary N) is 2. The van der Waals surface area contributed by atoms with E-state index in [1.165, 1.54) is 24.4 Å². The molecule has 2 heterocycles. The average molecular weight is 385 g/mol. The molecule has 0 saturated carbocycles. The van der Waals surface area contributed by atoms with Crippen LogP contribution in [0.1, 0.15) is 24.6 Å². The van der Waals surface area contributed by atoms with Crippen molar-refractivity contribution in [3.8, 4) is 6.07 Å². The van der Waals surface area contributed by atoms with E-state index in [1.807, 2.05) is 23.7 Å². The van der Waals surface area contributed by atoms with Gasteiger partial charge in [-0.05, 0) is 31.5 Å². The van der Waals surface area contributed by atoms with E-state index >= 15 is 0 Å². The zero-order valence-corrected chi connectivity index (χ0v) is 15.7. The van der Waals surface area contributed by atoms with E-state index in [2.05, 4.69) is 27.6 Å². The minimum Gasteiger partial charge on any atom is -0.353 e. The molecular weight excluding hydrogens is 367 g/mol. The molecule has 0 spiro atoms. The summed E-state index contributed by atoms with van der Waals surface area (Å²) in [5.41, 5.74) is 2.11. The lowest BCUT2D eigenvalue weighted by Crippen LogP contribution is -2.05. The molecule has 0 amide bonds. The summed E-state index contributed by atoms with van der Waals surface area (Å²) in [7, 11) is 0. The number of pyridine rings is 1. The van der Waals surface area contributed by atoms with E-state index in [-0.39, 0.29) is 5.56 Å². The third-order valence-electron chi connectivity index (χ3n) is 3.82. The molecule has 2 N–H and O–H groups in total. The molecular formula is C19H18ClFN6. The van der Waals surface area contributed by atoms with E-state index in [1.54, 1.807) is 6.07 Å². The molecule has 1 aromatic carbocycles. The highest BCUT2D eigenvalue weighted by Crippen LogP contribution is 2.30. The summed E-state index contributed by atoms with van der Waals surface area (Å²) in [4.78, 5) is 4.29. The summed E-state index contributed by atoms with van der Waals surface area (Å²) in [6.45, 7) is 4.80. The van der Waals surface area contributed by atoms with Crippen LogP contribution in [0.15, 0.2) is 36.5 Å². The van der Waals surface area contributed by atoms with Crippen LogP contribution >= 0.6 is 11.6 Å². The molecule has 0 saturated heterocycles. The first-order valence-electron chi connectivity index (χ1n) is 8.44. The summed E-state index contributed by atoms with van der Waals surface area (Å²) in [6, 6.07) is 9.58. The van der Waals surface area contributed by atoms with E-state index in [9.17, 15) is 9.65 Å². The predicted molar refractivity (Wildman–Crippen MR) is 104 cm³/mol. The second-order valence-corrected chi connectivity index (χ2v) is 6.40. The summed E-state index contributed by atoms with van der Waals surface area (Å²) >= 11 is 6.23. The van der Waals surface area contributed by atoms with Gasteiger partial charge in [-0.25, -0.2) is 14.1 Å². The number of hydrogen-bond donors (Lipinski definition) is 2. The highest BCUT2D eigenvalue weighted by atomic mass is 35.5. The fourth-order valence-corrected chi connectivity index (χ4v) is 2.78. The first-order chi connectivity index (χ1) is 13.0. The number of nitriles is 1. The van der Waals surface area contributed by atoms with Gasteiger partial charge in [0.2, 0.25) is 0 Å². The molecule has 138 valence electrons. The monoisotopic (exact) mass is 384 g/mol. The quantitative estimate of drug-likeness (QED) is 0.614. The van der Waals surface area contributed by atoms with Gasteiger partial charge in [-0.3, -0.25) is 0 Å². The van der Waals surface area contributed by atoms with Crippen molar-refractivity contribution in [2.45, 2.75) is 26.8 Å². The molecule has 0 aliphatic rings. The molecule has 3 rings (SSSR count). The standard InChI is InChI=1S/C19H18ClFN6/c1-3-6-27-19(7-12(2)26-27)25-18-9-17(15(20)11-23-18)24-16-5-4-14(21)8-13(16)10-22/h4-5,7-9,11H,3,6H2,1-2H3,(H2,23,24,25). The van der Waals surface area contributed by atoms with E-state index < -0.39 is 5.82 Å². The maximum absolute atomic E-state index is 13.3. The maximum Gasteiger partial charge on any atom is 0.133 e. The first-order valence-corrected chi connectivity index (χ1v) is 8.81. The van der Waals surface area contributed by atoms with Crippen LogP contribution in [0.25, 0.3) is 0 Å². The number of halogens is 2. The van der Waals surface area contributed by atoms with Gasteiger partial charge in [0, 0.05) is 18.7 Å². The fourth-order valence-electron chi connectivity index (χ4n) is 2.63. The van der Waals surface area contributed by atoms with E-state index in [0.29, 0.717) is 22.2 Å². The van der Waals surface area contributed by atoms with Crippen molar-refractivity contribution in [3.05, 3.63) is 58.6 Å². The molecule has 0 radical (unpaired) electrons. The number of nitrogens with zero attached hydrogens (tertiary/aromatic N) is 4. The van der Waals surface area contributed by atoms with Crippen molar-refractivity contribution >= 4 is 34.6 Å². The van der Waals surface area contributed by atoms with Crippen LogP contribution in [0, 0.1) is 24.1 Å². The van der Waals surface area contributed by atoms with Gasteiger partial charge in [0.1, 0.15) is 23.5 Å². The van der Waals surface area contributed by atoms with Crippen molar-refractivity contribution in [2.75, 3.05) is 10.6 Å². The van der Waals surface area contributed by atoms with Gasteiger partial charge in [0.25, 0.3) is 0 Å². The zero-order valence-electron chi connectivity index (χ0n) is 14.9. The third-order valence-corrected chi connectivity index (χ3v) is 4.12. The zero-order chi connectivity index (χ0) is 19.4. The van der Waals surface area contributed by atoms with Gasteiger partial charge in [-0.1, -0.05) is 18.5 Å². The highest BCUT2D eigenvalue weighted by Gasteiger charge is 2.10. The summed E-state index contributed by atoms with van der Waals surface area (Å²) in [5, 5.41) is 20.3. The lowest BCUT2D eigenvalue weighted by molar-refractivity contribution is 0.605. The molecule has 27 heavy (non-hydrogen) atoms. The lowest BCUT2D eigenvalue weighted by atomic mass is 10.2. The Labute approximate surface area is 161 Å². The minimum absolute atomic E-state index is 0.189. The van der Waals surface area contributed by atoms with Gasteiger partial charge in [-0.15, -0.1) is 0 Å². The maximum atomic E-state index is 13.3. The summed E-state index contributed by atoms with van der Waals surface area (Å²) < 4.78 is 15.2. The molecule has 3 aromatic rings. The first kappa shape index (κ1) is 18.7. The highest BCUT2D eigenvalue weighted by molar-refractivity contribution is 6.33. The Hall–Kier alpha value is -3.11. The van der Waals surface area contributed by atoms with Gasteiger partial charge in [0.15, 0.2) is 0 Å². The van der Waals surface area contributed by atoms with Gasteiger partial charge < -0.3 is 10.6 Å².